The number of allylic oxidation sites excluding steroid dienone is 2. The summed E-state index contributed by atoms with van der Waals surface area (Å²) >= 11 is 0. The van der Waals surface area contributed by atoms with Gasteiger partial charge in [-0.25, -0.2) is 14.8 Å². The van der Waals surface area contributed by atoms with Gasteiger partial charge >= 0.3 is 5.97 Å². The van der Waals surface area contributed by atoms with Crippen LogP contribution in [0.5, 0.6) is 0 Å². The topological polar surface area (TPSA) is 78.9 Å². The van der Waals surface area contributed by atoms with E-state index in [2.05, 4.69) is 21.0 Å². The highest BCUT2D eigenvalue weighted by molar-refractivity contribution is 6.00. The predicted molar refractivity (Wildman–Crippen MR) is 67.3 cm³/mol. The van der Waals surface area contributed by atoms with Crippen molar-refractivity contribution in [1.29, 1.82) is 0 Å². The highest BCUT2D eigenvalue weighted by atomic mass is 16.4. The molecule has 5 nitrogen and oxygen atoms in total. The fourth-order valence-electron chi connectivity index (χ4n) is 2.28. The van der Waals surface area contributed by atoms with E-state index in [1.54, 1.807) is 6.20 Å². The second-order valence-corrected chi connectivity index (χ2v) is 4.44. The van der Waals surface area contributed by atoms with Gasteiger partial charge in [-0.15, -0.1) is 0 Å². The van der Waals surface area contributed by atoms with Crippen molar-refractivity contribution in [2.24, 2.45) is 0 Å². The Morgan fingerprint density at radius 1 is 1.39 bits per heavy atom. The number of carboxylic acid groups (broad SMARTS) is 1. The van der Waals surface area contributed by atoms with Gasteiger partial charge in [0.15, 0.2) is 5.65 Å². The summed E-state index contributed by atoms with van der Waals surface area (Å²) in [5.74, 6) is -0.981. The Hall–Kier alpha value is -2.17. The molecule has 0 spiro atoms. The maximum absolute atomic E-state index is 11.1. The monoisotopic (exact) mass is 243 g/mol. The third kappa shape index (κ3) is 1.77. The highest BCUT2D eigenvalue weighted by Crippen LogP contribution is 2.26. The van der Waals surface area contributed by atoms with Crippen LogP contribution in [-0.2, 0) is 0 Å². The van der Waals surface area contributed by atoms with E-state index in [4.69, 9.17) is 5.11 Å². The molecular weight excluding hydrogens is 230 g/mol. The minimum absolute atomic E-state index is 0.177. The summed E-state index contributed by atoms with van der Waals surface area (Å²) < 4.78 is 0. The molecule has 0 aliphatic heterocycles. The molecule has 1 aliphatic carbocycles. The average molecular weight is 243 g/mol. The van der Waals surface area contributed by atoms with Crippen LogP contribution < -0.4 is 0 Å². The summed E-state index contributed by atoms with van der Waals surface area (Å²) in [5, 5.41) is 9.07. The third-order valence-corrected chi connectivity index (χ3v) is 3.23. The van der Waals surface area contributed by atoms with Crippen molar-refractivity contribution in [3.63, 3.8) is 0 Å². The van der Waals surface area contributed by atoms with Crippen molar-refractivity contribution < 1.29 is 9.90 Å². The molecular formula is C13H13N3O2. The summed E-state index contributed by atoms with van der Waals surface area (Å²) in [4.78, 5) is 22.6. The first-order chi connectivity index (χ1) is 8.75. The Balaban J connectivity index is 2.11. The van der Waals surface area contributed by atoms with Crippen molar-refractivity contribution in [3.8, 4) is 0 Å². The second kappa shape index (κ2) is 4.25. The molecule has 0 atom stereocenters. The van der Waals surface area contributed by atoms with Gasteiger partial charge in [-0.3, -0.25) is 0 Å². The number of H-pyrrole nitrogens is 1. The van der Waals surface area contributed by atoms with Crippen LogP contribution in [0, 0.1) is 0 Å². The molecule has 5 heteroatoms. The Morgan fingerprint density at radius 2 is 2.28 bits per heavy atom. The molecule has 0 amide bonds. The molecule has 2 aromatic rings. The Bertz CT molecular complexity index is 643. The lowest BCUT2D eigenvalue weighted by atomic mass is 9.97. The van der Waals surface area contributed by atoms with Crippen molar-refractivity contribution in [1.82, 2.24) is 15.0 Å². The van der Waals surface area contributed by atoms with E-state index in [0.29, 0.717) is 11.2 Å². The largest absolute Gasteiger partial charge is 0.478 e. The van der Waals surface area contributed by atoms with Gasteiger partial charge in [0.1, 0.15) is 11.1 Å². The normalized spacial score (nSPS) is 15.7. The SMILES string of the molecule is O=C(O)c1c[nH]c2ncc(C3=CCCCC3)nc12. The fourth-order valence-corrected chi connectivity index (χ4v) is 2.28. The van der Waals surface area contributed by atoms with Gasteiger partial charge in [-0.2, -0.15) is 0 Å². The number of fused-ring (bicyclic) bond motifs is 1. The molecule has 2 N–H and O–H groups in total. The number of rotatable bonds is 2. The van der Waals surface area contributed by atoms with Gasteiger partial charge in [-0.1, -0.05) is 6.08 Å². The summed E-state index contributed by atoms with van der Waals surface area (Å²) in [5.41, 5.74) is 3.10. The third-order valence-electron chi connectivity index (χ3n) is 3.23. The molecule has 1 aliphatic rings. The lowest BCUT2D eigenvalue weighted by molar-refractivity contribution is 0.0699. The molecule has 0 saturated carbocycles. The minimum Gasteiger partial charge on any atom is -0.478 e. The summed E-state index contributed by atoms with van der Waals surface area (Å²) in [6, 6.07) is 0. The van der Waals surface area contributed by atoms with Gasteiger partial charge in [0, 0.05) is 6.20 Å². The zero-order chi connectivity index (χ0) is 12.5. The van der Waals surface area contributed by atoms with E-state index in [9.17, 15) is 4.79 Å². The van der Waals surface area contributed by atoms with E-state index in [-0.39, 0.29) is 5.56 Å². The molecule has 0 saturated heterocycles. The van der Waals surface area contributed by atoms with Crippen molar-refractivity contribution in [2.75, 3.05) is 0 Å². The molecule has 3 rings (SSSR count). The fraction of sp³-hybridized carbons (Fsp3) is 0.308. The highest BCUT2D eigenvalue weighted by Gasteiger charge is 2.15. The standard InChI is InChI=1S/C13H13N3O2/c17-13(18)9-6-14-12-11(9)16-10(7-15-12)8-4-2-1-3-5-8/h4,6-7H,1-3,5H2,(H,14,15)(H,17,18). The van der Waals surface area contributed by atoms with Gasteiger partial charge in [0.2, 0.25) is 0 Å². The number of carboxylic acids is 1. The molecule has 0 fully saturated rings. The van der Waals surface area contributed by atoms with Crippen molar-refractivity contribution in [3.05, 3.63) is 29.7 Å². The Morgan fingerprint density at radius 3 is 3.00 bits per heavy atom. The zero-order valence-electron chi connectivity index (χ0n) is 9.81. The predicted octanol–water partition coefficient (Wildman–Crippen LogP) is 2.61. The first kappa shape index (κ1) is 11.0. The summed E-state index contributed by atoms with van der Waals surface area (Å²) in [6.45, 7) is 0. The molecule has 0 aromatic carbocycles. The maximum atomic E-state index is 11.1. The first-order valence-electron chi connectivity index (χ1n) is 6.02. The second-order valence-electron chi connectivity index (χ2n) is 4.44. The molecule has 18 heavy (non-hydrogen) atoms. The van der Waals surface area contributed by atoms with Crippen molar-refractivity contribution >= 4 is 22.7 Å². The number of hydrogen-bond acceptors (Lipinski definition) is 3. The molecule has 0 radical (unpaired) electrons. The summed E-state index contributed by atoms with van der Waals surface area (Å²) in [6.07, 6.45) is 9.75. The number of aromatic carboxylic acids is 1. The number of carbonyl (C=O) groups is 1. The van der Waals surface area contributed by atoms with Gasteiger partial charge in [0.25, 0.3) is 0 Å². The van der Waals surface area contributed by atoms with Crippen LogP contribution in [0.4, 0.5) is 0 Å². The number of nitrogens with zero attached hydrogens (tertiary/aromatic N) is 2. The number of aromatic amines is 1. The number of nitrogens with one attached hydrogen (secondary N) is 1. The van der Waals surface area contributed by atoms with E-state index in [1.165, 1.54) is 18.2 Å². The van der Waals surface area contributed by atoms with Crippen LogP contribution in [-0.4, -0.2) is 26.0 Å². The number of aromatic nitrogens is 3. The lowest BCUT2D eigenvalue weighted by Crippen LogP contribution is -1.99. The van der Waals surface area contributed by atoms with Crippen LogP contribution >= 0.6 is 0 Å². The lowest BCUT2D eigenvalue weighted by Gasteiger charge is -2.11. The Kier molecular flexibility index (Phi) is 2.59. The van der Waals surface area contributed by atoms with E-state index < -0.39 is 5.97 Å². The molecule has 2 heterocycles. The molecule has 0 unspecified atom stereocenters. The first-order valence-corrected chi connectivity index (χ1v) is 6.02. The smallest absolute Gasteiger partial charge is 0.339 e. The minimum atomic E-state index is -0.981. The number of hydrogen-bond donors (Lipinski definition) is 2. The van der Waals surface area contributed by atoms with Crippen LogP contribution in [0.25, 0.3) is 16.7 Å². The quantitative estimate of drug-likeness (QED) is 0.849. The van der Waals surface area contributed by atoms with Crippen LogP contribution in [0.1, 0.15) is 41.7 Å². The average Bonchev–Trinajstić information content (AvgIpc) is 2.82. The van der Waals surface area contributed by atoms with E-state index in [0.717, 1.165) is 25.0 Å². The van der Waals surface area contributed by atoms with Gasteiger partial charge < -0.3 is 10.1 Å². The maximum Gasteiger partial charge on any atom is 0.339 e. The molecule has 2 aromatic heterocycles. The van der Waals surface area contributed by atoms with Crippen LogP contribution in [0.2, 0.25) is 0 Å². The summed E-state index contributed by atoms with van der Waals surface area (Å²) in [7, 11) is 0. The van der Waals surface area contributed by atoms with E-state index >= 15 is 0 Å². The molecule has 0 bridgehead atoms. The van der Waals surface area contributed by atoms with Crippen LogP contribution in [0.3, 0.4) is 0 Å². The Labute approximate surface area is 104 Å². The van der Waals surface area contributed by atoms with Crippen LogP contribution in [0.15, 0.2) is 18.5 Å². The zero-order valence-corrected chi connectivity index (χ0v) is 9.81. The van der Waals surface area contributed by atoms with Gasteiger partial charge in [-0.05, 0) is 31.3 Å². The van der Waals surface area contributed by atoms with E-state index in [1.807, 2.05) is 0 Å². The molecule has 92 valence electrons. The van der Waals surface area contributed by atoms with Gasteiger partial charge in [0.05, 0.1) is 11.9 Å². The van der Waals surface area contributed by atoms with Crippen molar-refractivity contribution in [2.45, 2.75) is 25.7 Å².